The predicted molar refractivity (Wildman–Crippen MR) is 73.9 cm³/mol. The van der Waals surface area contributed by atoms with Crippen LogP contribution >= 0.6 is 0 Å². The summed E-state index contributed by atoms with van der Waals surface area (Å²) in [5.74, 6) is 0. The smallest absolute Gasteiger partial charge is 0.314 e. The van der Waals surface area contributed by atoms with Crippen molar-refractivity contribution >= 4 is 0 Å². The molecule has 1 fully saturated rings. The van der Waals surface area contributed by atoms with Gasteiger partial charge in [-0.25, -0.2) is 0 Å². The van der Waals surface area contributed by atoms with Gasteiger partial charge in [0.05, 0.1) is 11.1 Å². The van der Waals surface area contributed by atoms with Crippen LogP contribution < -0.4 is 5.32 Å². The Bertz CT molecular complexity index is 499. The third-order valence-corrected chi connectivity index (χ3v) is 3.97. The van der Waals surface area contributed by atoms with Gasteiger partial charge in [-0.3, -0.25) is 4.90 Å². The molecule has 0 aromatic heterocycles. The summed E-state index contributed by atoms with van der Waals surface area (Å²) in [5, 5.41) is 3.11. The lowest BCUT2D eigenvalue weighted by Crippen LogP contribution is -2.45. The first-order valence-electron chi connectivity index (χ1n) is 7.37. The molecular formula is C15H18F6N2. The standard InChI is InChI=1S/C15H18F6N2/c1-2-13(23-5-3-22-4-6-23)10-7-11(14(16,17)18)9-12(8-10)15(19,20)21/h7-9,13,22H,2-6H2,1H3/t13-/m0/s1. The van der Waals surface area contributed by atoms with Gasteiger partial charge in [0.2, 0.25) is 0 Å². The van der Waals surface area contributed by atoms with E-state index >= 15 is 0 Å². The van der Waals surface area contributed by atoms with Crippen LogP contribution in [0.25, 0.3) is 0 Å². The van der Waals surface area contributed by atoms with Gasteiger partial charge in [-0.2, -0.15) is 26.3 Å². The third-order valence-electron chi connectivity index (χ3n) is 3.97. The third kappa shape index (κ3) is 4.38. The second kappa shape index (κ2) is 6.68. The largest absolute Gasteiger partial charge is 0.416 e. The van der Waals surface area contributed by atoms with E-state index in [1.807, 2.05) is 4.90 Å². The van der Waals surface area contributed by atoms with Gasteiger partial charge in [-0.05, 0) is 30.2 Å². The summed E-state index contributed by atoms with van der Waals surface area (Å²) >= 11 is 0. The molecule has 130 valence electrons. The molecule has 0 bridgehead atoms. The second-order valence-corrected chi connectivity index (χ2v) is 5.55. The number of nitrogens with one attached hydrogen (secondary N) is 1. The van der Waals surface area contributed by atoms with Crippen LogP contribution in [-0.4, -0.2) is 31.1 Å². The first-order chi connectivity index (χ1) is 10.6. The highest BCUT2D eigenvalue weighted by Gasteiger charge is 2.38. The first-order valence-corrected chi connectivity index (χ1v) is 7.37. The number of nitrogens with zero attached hydrogens (tertiary/aromatic N) is 1. The van der Waals surface area contributed by atoms with E-state index in [1.54, 1.807) is 6.92 Å². The molecule has 8 heteroatoms. The number of alkyl halides is 6. The molecule has 0 saturated carbocycles. The van der Waals surface area contributed by atoms with Crippen molar-refractivity contribution in [1.29, 1.82) is 0 Å². The van der Waals surface area contributed by atoms with Gasteiger partial charge in [0, 0.05) is 32.2 Å². The summed E-state index contributed by atoms with van der Waals surface area (Å²) < 4.78 is 77.7. The van der Waals surface area contributed by atoms with Gasteiger partial charge in [0.1, 0.15) is 0 Å². The normalized spacial score (nSPS) is 18.9. The molecule has 1 aromatic rings. The van der Waals surface area contributed by atoms with E-state index in [2.05, 4.69) is 5.32 Å². The summed E-state index contributed by atoms with van der Waals surface area (Å²) in [6, 6.07) is 1.39. The van der Waals surface area contributed by atoms with E-state index in [0.29, 0.717) is 32.6 Å². The zero-order valence-electron chi connectivity index (χ0n) is 12.6. The predicted octanol–water partition coefficient (Wildman–Crippen LogP) is 4.08. The summed E-state index contributed by atoms with van der Waals surface area (Å²) in [4.78, 5) is 1.92. The van der Waals surface area contributed by atoms with Crippen LogP contribution in [0.15, 0.2) is 18.2 Å². The molecule has 1 aliphatic heterocycles. The maximum absolute atomic E-state index is 13.0. The lowest BCUT2D eigenvalue weighted by atomic mass is 9.96. The SMILES string of the molecule is CC[C@@H](c1cc(C(F)(F)F)cc(C(F)(F)F)c1)N1CCNCC1. The molecule has 0 aliphatic carbocycles. The van der Waals surface area contributed by atoms with Crippen LogP contribution in [0.1, 0.15) is 36.1 Å². The molecule has 2 rings (SSSR count). The molecule has 1 saturated heterocycles. The molecule has 0 spiro atoms. The van der Waals surface area contributed by atoms with Crippen molar-refractivity contribution in [3.8, 4) is 0 Å². The number of halogens is 6. The van der Waals surface area contributed by atoms with Gasteiger partial charge in [-0.1, -0.05) is 6.92 Å². The van der Waals surface area contributed by atoms with E-state index in [4.69, 9.17) is 0 Å². The molecule has 1 atom stereocenters. The van der Waals surface area contributed by atoms with Gasteiger partial charge in [-0.15, -0.1) is 0 Å². The zero-order valence-corrected chi connectivity index (χ0v) is 12.6. The molecule has 0 amide bonds. The topological polar surface area (TPSA) is 15.3 Å². The van der Waals surface area contributed by atoms with E-state index in [1.165, 1.54) is 0 Å². The fourth-order valence-electron chi connectivity index (χ4n) is 2.87. The highest BCUT2D eigenvalue weighted by molar-refractivity contribution is 5.35. The number of hydrogen-bond acceptors (Lipinski definition) is 2. The fourth-order valence-corrected chi connectivity index (χ4v) is 2.87. The summed E-state index contributed by atoms with van der Waals surface area (Å²) in [6.45, 7) is 4.29. The van der Waals surface area contributed by atoms with Crippen molar-refractivity contribution in [2.45, 2.75) is 31.7 Å². The molecule has 1 heterocycles. The molecule has 2 nitrogen and oxygen atoms in total. The minimum atomic E-state index is -4.81. The Balaban J connectivity index is 2.46. The Morgan fingerprint density at radius 1 is 0.957 bits per heavy atom. The highest BCUT2D eigenvalue weighted by Crippen LogP contribution is 2.38. The van der Waals surface area contributed by atoms with Crippen molar-refractivity contribution in [2.24, 2.45) is 0 Å². The van der Waals surface area contributed by atoms with Crippen LogP contribution in [0.5, 0.6) is 0 Å². The molecular weight excluding hydrogens is 322 g/mol. The zero-order chi connectivity index (χ0) is 17.3. The van der Waals surface area contributed by atoms with Crippen LogP contribution in [0, 0.1) is 0 Å². The Kier molecular flexibility index (Phi) is 5.25. The average molecular weight is 340 g/mol. The van der Waals surface area contributed by atoms with Crippen LogP contribution in [-0.2, 0) is 12.4 Å². The molecule has 1 aromatic carbocycles. The molecule has 0 radical (unpaired) electrons. The van der Waals surface area contributed by atoms with Crippen molar-refractivity contribution < 1.29 is 26.3 Å². The Morgan fingerprint density at radius 2 is 1.43 bits per heavy atom. The highest BCUT2D eigenvalue weighted by atomic mass is 19.4. The summed E-state index contributed by atoms with van der Waals surface area (Å²) in [5.41, 5.74) is -2.44. The summed E-state index contributed by atoms with van der Waals surface area (Å²) in [6.07, 6.45) is -9.17. The Labute approximate surface area is 130 Å². The van der Waals surface area contributed by atoms with Gasteiger partial charge in [0.25, 0.3) is 0 Å². The first kappa shape index (κ1) is 18.1. The summed E-state index contributed by atoms with van der Waals surface area (Å²) in [7, 11) is 0. The fraction of sp³-hybridized carbons (Fsp3) is 0.600. The lowest BCUT2D eigenvalue weighted by molar-refractivity contribution is -0.143. The molecule has 0 unspecified atom stereocenters. The van der Waals surface area contributed by atoms with Crippen molar-refractivity contribution in [2.75, 3.05) is 26.2 Å². The van der Waals surface area contributed by atoms with Gasteiger partial charge >= 0.3 is 12.4 Å². The van der Waals surface area contributed by atoms with Crippen LogP contribution in [0.3, 0.4) is 0 Å². The lowest BCUT2D eigenvalue weighted by Gasteiger charge is -2.35. The average Bonchev–Trinajstić information content (AvgIpc) is 2.47. The van der Waals surface area contributed by atoms with E-state index < -0.39 is 29.5 Å². The van der Waals surface area contributed by atoms with Crippen molar-refractivity contribution in [1.82, 2.24) is 10.2 Å². The van der Waals surface area contributed by atoms with E-state index in [-0.39, 0.29) is 11.6 Å². The number of benzene rings is 1. The van der Waals surface area contributed by atoms with E-state index in [0.717, 1.165) is 12.1 Å². The Hall–Kier alpha value is -1.28. The molecule has 1 aliphatic rings. The van der Waals surface area contributed by atoms with Gasteiger partial charge in [0.15, 0.2) is 0 Å². The molecule has 23 heavy (non-hydrogen) atoms. The minimum Gasteiger partial charge on any atom is -0.314 e. The number of piperazine rings is 1. The number of rotatable bonds is 3. The van der Waals surface area contributed by atoms with Crippen LogP contribution in [0.2, 0.25) is 0 Å². The maximum atomic E-state index is 13.0. The number of hydrogen-bond donors (Lipinski definition) is 1. The Morgan fingerprint density at radius 3 is 1.83 bits per heavy atom. The molecule has 1 N–H and O–H groups in total. The quantitative estimate of drug-likeness (QED) is 0.834. The maximum Gasteiger partial charge on any atom is 0.416 e. The minimum absolute atomic E-state index is 0.0663. The van der Waals surface area contributed by atoms with Gasteiger partial charge < -0.3 is 5.32 Å². The monoisotopic (exact) mass is 340 g/mol. The van der Waals surface area contributed by atoms with Crippen molar-refractivity contribution in [3.05, 3.63) is 34.9 Å². The second-order valence-electron chi connectivity index (χ2n) is 5.55. The van der Waals surface area contributed by atoms with E-state index in [9.17, 15) is 26.3 Å². The van der Waals surface area contributed by atoms with Crippen LogP contribution in [0.4, 0.5) is 26.3 Å². The van der Waals surface area contributed by atoms with Crippen molar-refractivity contribution in [3.63, 3.8) is 0 Å².